The standard InChI is InChI=1S/C16H16F3N3O3S/c1-3-21-13(24)10(14(25)22(4-2)15(21)26)8-20-11-7-9(16(17,18)19)5-6-12(11)23/h5-8,23-24H,3-4H2,1-2H3. The molecule has 2 N–H and O–H groups in total. The molecule has 6 nitrogen and oxygen atoms in total. The van der Waals surface area contributed by atoms with Gasteiger partial charge in [0, 0.05) is 19.3 Å². The van der Waals surface area contributed by atoms with Crippen LogP contribution in [0.4, 0.5) is 18.9 Å². The minimum Gasteiger partial charge on any atom is -0.506 e. The molecule has 0 fully saturated rings. The predicted molar refractivity (Wildman–Crippen MR) is 92.9 cm³/mol. The van der Waals surface area contributed by atoms with Crippen molar-refractivity contribution in [3.63, 3.8) is 0 Å². The first kappa shape index (κ1) is 19.7. The zero-order valence-electron chi connectivity index (χ0n) is 13.9. The van der Waals surface area contributed by atoms with Gasteiger partial charge >= 0.3 is 6.18 Å². The third-order valence-electron chi connectivity index (χ3n) is 3.70. The van der Waals surface area contributed by atoms with Gasteiger partial charge in [-0.1, -0.05) is 0 Å². The lowest BCUT2D eigenvalue weighted by Crippen LogP contribution is -2.27. The van der Waals surface area contributed by atoms with Gasteiger partial charge in [0.05, 0.1) is 5.56 Å². The van der Waals surface area contributed by atoms with Gasteiger partial charge in [0.15, 0.2) is 4.77 Å². The third kappa shape index (κ3) is 3.64. The van der Waals surface area contributed by atoms with Gasteiger partial charge in [-0.3, -0.25) is 18.9 Å². The van der Waals surface area contributed by atoms with Crippen molar-refractivity contribution in [2.75, 3.05) is 0 Å². The van der Waals surface area contributed by atoms with Crippen molar-refractivity contribution in [1.29, 1.82) is 0 Å². The highest BCUT2D eigenvalue weighted by Crippen LogP contribution is 2.35. The molecule has 26 heavy (non-hydrogen) atoms. The lowest BCUT2D eigenvalue weighted by molar-refractivity contribution is -0.137. The molecule has 0 radical (unpaired) electrons. The summed E-state index contributed by atoms with van der Waals surface area (Å²) in [5, 5.41) is 20.0. The lowest BCUT2D eigenvalue weighted by Gasteiger charge is -2.13. The topological polar surface area (TPSA) is 79.8 Å². The fourth-order valence-electron chi connectivity index (χ4n) is 2.32. The number of phenolic OH excluding ortho intramolecular Hbond substituents is 1. The summed E-state index contributed by atoms with van der Waals surface area (Å²) in [5.41, 5.74) is -2.25. The number of halogens is 3. The second kappa shape index (κ2) is 7.32. The summed E-state index contributed by atoms with van der Waals surface area (Å²) in [5.74, 6) is -0.935. The molecular weight excluding hydrogens is 371 g/mol. The number of aliphatic imine (C=N–C) groups is 1. The number of hydrogen-bond donors (Lipinski definition) is 2. The highest BCUT2D eigenvalue weighted by Gasteiger charge is 2.31. The van der Waals surface area contributed by atoms with Crippen molar-refractivity contribution in [2.24, 2.45) is 4.99 Å². The van der Waals surface area contributed by atoms with E-state index in [0.717, 1.165) is 12.3 Å². The Labute approximate surface area is 151 Å². The molecule has 0 aliphatic carbocycles. The van der Waals surface area contributed by atoms with Crippen LogP contribution in [0.2, 0.25) is 0 Å². The molecular formula is C16H16F3N3O3S. The van der Waals surface area contributed by atoms with Crippen LogP contribution in [0.3, 0.4) is 0 Å². The van der Waals surface area contributed by atoms with Gasteiger partial charge in [0.1, 0.15) is 17.0 Å². The summed E-state index contributed by atoms with van der Waals surface area (Å²) in [6.45, 7) is 3.92. The van der Waals surface area contributed by atoms with E-state index in [1.165, 1.54) is 9.13 Å². The summed E-state index contributed by atoms with van der Waals surface area (Å²) in [6, 6.07) is 2.22. The Morgan fingerprint density at radius 3 is 2.35 bits per heavy atom. The SMILES string of the molecule is CCn1c(O)c(C=Nc2cc(C(F)(F)F)ccc2O)c(=O)n(CC)c1=S. The summed E-state index contributed by atoms with van der Waals surface area (Å²) < 4.78 is 41.0. The highest BCUT2D eigenvalue weighted by atomic mass is 32.1. The first-order valence-corrected chi connectivity index (χ1v) is 8.03. The Morgan fingerprint density at radius 2 is 1.81 bits per heavy atom. The Bertz CT molecular complexity index is 978. The first-order chi connectivity index (χ1) is 12.1. The second-order valence-corrected chi connectivity index (χ2v) is 5.64. The van der Waals surface area contributed by atoms with Gasteiger partial charge in [-0.05, 0) is 44.3 Å². The zero-order valence-corrected chi connectivity index (χ0v) is 14.7. The van der Waals surface area contributed by atoms with Crippen LogP contribution in [0.5, 0.6) is 11.6 Å². The largest absolute Gasteiger partial charge is 0.506 e. The van der Waals surface area contributed by atoms with Gasteiger partial charge in [-0.25, -0.2) is 0 Å². The minimum absolute atomic E-state index is 0.122. The van der Waals surface area contributed by atoms with E-state index in [-0.39, 0.29) is 29.1 Å². The number of nitrogens with zero attached hydrogens (tertiary/aromatic N) is 3. The van der Waals surface area contributed by atoms with Gasteiger partial charge < -0.3 is 10.2 Å². The van der Waals surface area contributed by atoms with Gasteiger partial charge in [-0.2, -0.15) is 13.2 Å². The molecule has 0 saturated heterocycles. The van der Waals surface area contributed by atoms with Crippen LogP contribution in [0.15, 0.2) is 28.0 Å². The Morgan fingerprint density at radius 1 is 1.19 bits per heavy atom. The molecule has 0 amide bonds. The summed E-state index contributed by atoms with van der Waals surface area (Å²) in [7, 11) is 0. The number of rotatable bonds is 4. The molecule has 1 heterocycles. The fraction of sp³-hybridized carbons (Fsp3) is 0.312. The van der Waals surface area contributed by atoms with Crippen LogP contribution in [-0.4, -0.2) is 25.6 Å². The first-order valence-electron chi connectivity index (χ1n) is 7.62. The van der Waals surface area contributed by atoms with Crippen LogP contribution < -0.4 is 5.56 Å². The molecule has 10 heteroatoms. The van der Waals surface area contributed by atoms with E-state index in [0.29, 0.717) is 12.1 Å². The van der Waals surface area contributed by atoms with Crippen molar-refractivity contribution >= 4 is 24.1 Å². The van der Waals surface area contributed by atoms with Gasteiger partial charge in [-0.15, -0.1) is 0 Å². The van der Waals surface area contributed by atoms with Crippen LogP contribution in [0.25, 0.3) is 0 Å². The second-order valence-electron chi connectivity index (χ2n) is 5.27. The molecule has 0 unspecified atom stereocenters. The molecule has 2 rings (SSSR count). The number of hydrogen-bond acceptors (Lipinski definition) is 5. The maximum atomic E-state index is 12.8. The van der Waals surface area contributed by atoms with Crippen molar-refractivity contribution in [2.45, 2.75) is 33.1 Å². The molecule has 0 aliphatic rings. The molecule has 0 bridgehead atoms. The van der Waals surface area contributed by atoms with E-state index in [1.807, 2.05) is 0 Å². The van der Waals surface area contributed by atoms with Crippen molar-refractivity contribution in [3.05, 3.63) is 44.5 Å². The van der Waals surface area contributed by atoms with Gasteiger partial charge in [0.25, 0.3) is 5.56 Å². The average molecular weight is 387 g/mol. The average Bonchev–Trinajstić information content (AvgIpc) is 2.56. The highest BCUT2D eigenvalue weighted by molar-refractivity contribution is 7.71. The van der Waals surface area contributed by atoms with Crippen LogP contribution in [0, 0.1) is 4.77 Å². The minimum atomic E-state index is -4.61. The Hall–Kier alpha value is -2.62. The molecule has 0 spiro atoms. The van der Waals surface area contributed by atoms with Crippen LogP contribution in [-0.2, 0) is 19.3 Å². The molecule has 0 atom stereocenters. The van der Waals surface area contributed by atoms with E-state index in [1.54, 1.807) is 13.8 Å². The van der Waals surface area contributed by atoms with Crippen molar-refractivity contribution in [3.8, 4) is 11.6 Å². The lowest BCUT2D eigenvalue weighted by atomic mass is 10.2. The van der Waals surface area contributed by atoms with E-state index in [9.17, 15) is 28.2 Å². The summed E-state index contributed by atoms with van der Waals surface area (Å²) >= 11 is 5.14. The smallest absolute Gasteiger partial charge is 0.416 e. The quantitative estimate of drug-likeness (QED) is 0.621. The monoisotopic (exact) mass is 387 g/mol. The molecule has 0 aliphatic heterocycles. The Balaban J connectivity index is 2.63. The maximum absolute atomic E-state index is 12.8. The summed E-state index contributed by atoms with van der Waals surface area (Å²) in [6.07, 6.45) is -3.69. The third-order valence-corrected chi connectivity index (χ3v) is 4.14. The van der Waals surface area contributed by atoms with Crippen LogP contribution in [0.1, 0.15) is 25.0 Å². The zero-order chi connectivity index (χ0) is 19.6. The number of benzene rings is 1. The Kier molecular flexibility index (Phi) is 5.55. The van der Waals surface area contributed by atoms with Gasteiger partial charge in [0.2, 0.25) is 5.88 Å². The maximum Gasteiger partial charge on any atom is 0.416 e. The normalized spacial score (nSPS) is 12.0. The number of aromatic nitrogens is 2. The summed E-state index contributed by atoms with van der Waals surface area (Å²) in [4.78, 5) is 16.2. The molecule has 0 saturated carbocycles. The number of aromatic hydroxyl groups is 2. The molecule has 2 aromatic rings. The molecule has 1 aromatic carbocycles. The van der Waals surface area contributed by atoms with E-state index in [4.69, 9.17) is 12.2 Å². The van der Waals surface area contributed by atoms with E-state index in [2.05, 4.69) is 4.99 Å². The van der Waals surface area contributed by atoms with Crippen LogP contribution >= 0.6 is 12.2 Å². The van der Waals surface area contributed by atoms with Crippen molar-refractivity contribution in [1.82, 2.24) is 9.13 Å². The van der Waals surface area contributed by atoms with Crippen molar-refractivity contribution < 1.29 is 23.4 Å². The fourth-order valence-corrected chi connectivity index (χ4v) is 2.75. The predicted octanol–water partition coefficient (Wildman–Crippen LogP) is 3.60. The molecule has 140 valence electrons. The van der Waals surface area contributed by atoms with E-state index < -0.39 is 28.9 Å². The van der Waals surface area contributed by atoms with E-state index >= 15 is 0 Å². The molecule has 1 aromatic heterocycles. The number of alkyl halides is 3. The number of phenols is 1.